The number of H-pyrrole nitrogens is 1. The molecule has 0 aliphatic carbocycles. The van der Waals surface area contributed by atoms with Gasteiger partial charge in [0.15, 0.2) is 5.58 Å². The Labute approximate surface area is 102 Å². The molecular weight excluding hydrogens is 238 g/mol. The average Bonchev–Trinajstić information content (AvgIpc) is 2.68. The molecule has 1 aromatic heterocycles. The fourth-order valence-corrected chi connectivity index (χ4v) is 1.57. The fraction of sp³-hybridized carbons (Fsp3) is 0.273. The van der Waals surface area contributed by atoms with Gasteiger partial charge in [0.05, 0.1) is 30.4 Å². The molecule has 1 aromatic carbocycles. The molecule has 96 valence electrons. The van der Waals surface area contributed by atoms with Crippen LogP contribution in [0.2, 0.25) is 0 Å². The number of rotatable bonds is 4. The van der Waals surface area contributed by atoms with Crippen molar-refractivity contribution in [1.82, 2.24) is 4.98 Å². The molecule has 18 heavy (non-hydrogen) atoms. The first-order chi connectivity index (χ1) is 8.60. The van der Waals surface area contributed by atoms with Gasteiger partial charge in [-0.3, -0.25) is 9.78 Å². The number of methoxy groups -OCH3 is 1. The van der Waals surface area contributed by atoms with Crippen LogP contribution in [0.1, 0.15) is 6.42 Å². The lowest BCUT2D eigenvalue weighted by molar-refractivity contribution is -0.140. The molecule has 0 atom stereocenters. The van der Waals surface area contributed by atoms with Crippen molar-refractivity contribution in [3.8, 4) is 0 Å². The van der Waals surface area contributed by atoms with Crippen LogP contribution in [0.4, 0.5) is 11.4 Å². The number of hydrogen-bond acceptors (Lipinski definition) is 6. The molecular formula is C11H13N3O4. The first-order valence-corrected chi connectivity index (χ1v) is 5.33. The summed E-state index contributed by atoms with van der Waals surface area (Å²) >= 11 is 0. The number of fused-ring (bicyclic) bond motifs is 1. The minimum atomic E-state index is -0.531. The molecule has 0 saturated heterocycles. The zero-order chi connectivity index (χ0) is 13.1. The summed E-state index contributed by atoms with van der Waals surface area (Å²) < 4.78 is 9.39. The minimum absolute atomic E-state index is 0.232. The summed E-state index contributed by atoms with van der Waals surface area (Å²) in [5.74, 6) is -0.838. The Morgan fingerprint density at radius 2 is 2.33 bits per heavy atom. The Balaban J connectivity index is 2.15. The van der Waals surface area contributed by atoms with E-state index in [1.807, 2.05) is 0 Å². The predicted molar refractivity (Wildman–Crippen MR) is 66.4 cm³/mol. The van der Waals surface area contributed by atoms with Crippen LogP contribution in [-0.2, 0) is 9.53 Å². The summed E-state index contributed by atoms with van der Waals surface area (Å²) in [6.07, 6.45) is 0.232. The van der Waals surface area contributed by atoms with Crippen molar-refractivity contribution in [2.75, 3.05) is 24.7 Å². The number of nitrogens with two attached hydrogens (primary N) is 1. The Bertz CT molecular complexity index is 629. The molecule has 4 N–H and O–H groups in total. The number of carbonyl (C=O) groups excluding carboxylic acids is 1. The largest absolute Gasteiger partial charge is 0.469 e. The van der Waals surface area contributed by atoms with Crippen molar-refractivity contribution in [1.29, 1.82) is 0 Å². The van der Waals surface area contributed by atoms with Gasteiger partial charge in [-0.25, -0.2) is 4.79 Å². The molecule has 0 bridgehead atoms. The highest BCUT2D eigenvalue weighted by molar-refractivity contribution is 5.85. The number of esters is 1. The van der Waals surface area contributed by atoms with Crippen LogP contribution in [0.15, 0.2) is 21.3 Å². The van der Waals surface area contributed by atoms with Gasteiger partial charge in [-0.15, -0.1) is 0 Å². The Hall–Kier alpha value is -2.44. The molecule has 7 heteroatoms. The summed E-state index contributed by atoms with van der Waals surface area (Å²) in [5.41, 5.74) is 7.81. The molecule has 2 rings (SSSR count). The second kappa shape index (κ2) is 4.82. The van der Waals surface area contributed by atoms with Crippen molar-refractivity contribution in [3.05, 3.63) is 22.7 Å². The highest BCUT2D eigenvalue weighted by Gasteiger charge is 2.07. The average molecular weight is 251 g/mol. The topological polar surface area (TPSA) is 110 Å². The number of aromatic nitrogens is 1. The van der Waals surface area contributed by atoms with Gasteiger partial charge >= 0.3 is 11.7 Å². The molecule has 0 fully saturated rings. The SMILES string of the molecule is COC(=O)CCNc1cc2[nH]c(=O)oc2cc1N. The number of oxazole rings is 1. The van der Waals surface area contributed by atoms with Gasteiger partial charge in [0, 0.05) is 12.6 Å². The van der Waals surface area contributed by atoms with E-state index in [1.165, 1.54) is 7.11 Å². The Kier molecular flexibility index (Phi) is 3.22. The summed E-state index contributed by atoms with van der Waals surface area (Å²) in [6.45, 7) is 0.393. The molecule has 0 aliphatic heterocycles. The lowest BCUT2D eigenvalue weighted by Gasteiger charge is -2.08. The zero-order valence-corrected chi connectivity index (χ0v) is 9.78. The van der Waals surface area contributed by atoms with Gasteiger partial charge in [0.2, 0.25) is 0 Å². The van der Waals surface area contributed by atoms with Crippen LogP contribution in [0.5, 0.6) is 0 Å². The van der Waals surface area contributed by atoms with Gasteiger partial charge in [0.25, 0.3) is 0 Å². The van der Waals surface area contributed by atoms with Crippen LogP contribution in [0, 0.1) is 0 Å². The summed E-state index contributed by atoms with van der Waals surface area (Å²) in [4.78, 5) is 24.5. The van der Waals surface area contributed by atoms with E-state index in [1.54, 1.807) is 12.1 Å². The Morgan fingerprint density at radius 3 is 3.06 bits per heavy atom. The van der Waals surface area contributed by atoms with Crippen LogP contribution < -0.4 is 16.8 Å². The molecule has 7 nitrogen and oxygen atoms in total. The number of carbonyl (C=O) groups is 1. The highest BCUT2D eigenvalue weighted by Crippen LogP contribution is 2.24. The monoisotopic (exact) mass is 251 g/mol. The van der Waals surface area contributed by atoms with E-state index >= 15 is 0 Å². The minimum Gasteiger partial charge on any atom is -0.469 e. The maximum atomic E-state index is 11.0. The molecule has 0 amide bonds. The molecule has 0 radical (unpaired) electrons. The van der Waals surface area contributed by atoms with Gasteiger partial charge in [0.1, 0.15) is 0 Å². The van der Waals surface area contributed by atoms with Crippen molar-refractivity contribution in [2.45, 2.75) is 6.42 Å². The van der Waals surface area contributed by atoms with Gasteiger partial charge in [-0.2, -0.15) is 0 Å². The number of hydrogen-bond donors (Lipinski definition) is 3. The van der Waals surface area contributed by atoms with Crippen LogP contribution >= 0.6 is 0 Å². The summed E-state index contributed by atoms with van der Waals surface area (Å²) in [5, 5.41) is 2.99. The van der Waals surface area contributed by atoms with Crippen molar-refractivity contribution in [2.24, 2.45) is 0 Å². The van der Waals surface area contributed by atoms with Crippen molar-refractivity contribution in [3.63, 3.8) is 0 Å². The first-order valence-electron chi connectivity index (χ1n) is 5.33. The van der Waals surface area contributed by atoms with Gasteiger partial charge in [-0.05, 0) is 6.07 Å². The van der Waals surface area contributed by atoms with Gasteiger partial charge in [-0.1, -0.05) is 0 Å². The second-order valence-electron chi connectivity index (χ2n) is 3.70. The second-order valence-corrected chi connectivity index (χ2v) is 3.70. The van der Waals surface area contributed by atoms with Crippen LogP contribution in [0.25, 0.3) is 11.1 Å². The lowest BCUT2D eigenvalue weighted by atomic mass is 10.2. The zero-order valence-electron chi connectivity index (χ0n) is 9.78. The lowest BCUT2D eigenvalue weighted by Crippen LogP contribution is -2.10. The summed E-state index contributed by atoms with van der Waals surface area (Å²) in [6, 6.07) is 3.21. The number of benzene rings is 1. The number of anilines is 2. The molecule has 1 heterocycles. The fourth-order valence-electron chi connectivity index (χ4n) is 1.57. The maximum Gasteiger partial charge on any atom is 0.417 e. The van der Waals surface area contributed by atoms with Crippen molar-refractivity contribution < 1.29 is 13.9 Å². The number of aromatic amines is 1. The standard InChI is InChI=1S/C11H13N3O4/c1-17-10(15)2-3-13-7-5-8-9(4-6(7)12)18-11(16)14-8/h4-5,13H,2-3,12H2,1H3,(H,14,16). The predicted octanol–water partition coefficient (Wildman–Crippen LogP) is 0.678. The first kappa shape index (κ1) is 12.0. The molecule has 0 spiro atoms. The third-order valence-electron chi connectivity index (χ3n) is 2.46. The van der Waals surface area contributed by atoms with E-state index < -0.39 is 5.76 Å². The van der Waals surface area contributed by atoms with Crippen LogP contribution in [-0.4, -0.2) is 24.6 Å². The molecule has 2 aromatic rings. The maximum absolute atomic E-state index is 11.0. The van der Waals surface area contributed by atoms with E-state index in [4.69, 9.17) is 10.2 Å². The van der Waals surface area contributed by atoms with Crippen LogP contribution in [0.3, 0.4) is 0 Å². The van der Waals surface area contributed by atoms with Gasteiger partial charge < -0.3 is 20.2 Å². The van der Waals surface area contributed by atoms with E-state index in [9.17, 15) is 9.59 Å². The third-order valence-corrected chi connectivity index (χ3v) is 2.46. The molecule has 0 unspecified atom stereocenters. The van der Waals surface area contributed by atoms with Crippen molar-refractivity contribution >= 4 is 28.4 Å². The van der Waals surface area contributed by atoms with E-state index in [0.717, 1.165) is 0 Å². The smallest absolute Gasteiger partial charge is 0.417 e. The quantitative estimate of drug-likeness (QED) is 0.544. The number of ether oxygens (including phenoxy) is 1. The molecule has 0 saturated carbocycles. The summed E-state index contributed by atoms with van der Waals surface area (Å²) in [7, 11) is 1.33. The molecule has 0 aliphatic rings. The van der Waals surface area contributed by atoms with E-state index in [0.29, 0.717) is 29.0 Å². The number of nitrogen functional groups attached to an aromatic ring is 1. The third kappa shape index (κ3) is 2.45. The Morgan fingerprint density at radius 1 is 1.56 bits per heavy atom. The number of nitrogens with one attached hydrogen (secondary N) is 2. The van der Waals surface area contributed by atoms with E-state index in [2.05, 4.69) is 15.0 Å². The van der Waals surface area contributed by atoms with E-state index in [-0.39, 0.29) is 12.4 Å². The normalized spacial score (nSPS) is 10.5. The highest BCUT2D eigenvalue weighted by atomic mass is 16.5.